The Morgan fingerprint density at radius 3 is 2.62 bits per heavy atom. The monoisotopic (exact) mass is 413 g/mol. The summed E-state index contributed by atoms with van der Waals surface area (Å²) in [7, 11) is 0. The van der Waals surface area contributed by atoms with E-state index in [2.05, 4.69) is 31.1 Å². The van der Waals surface area contributed by atoms with Crippen molar-refractivity contribution in [2.24, 2.45) is 0 Å². The van der Waals surface area contributed by atoms with Crippen molar-refractivity contribution in [1.29, 1.82) is 0 Å². The van der Waals surface area contributed by atoms with Crippen molar-refractivity contribution < 1.29 is 9.90 Å². The Kier molecular flexibility index (Phi) is 5.89. The summed E-state index contributed by atoms with van der Waals surface area (Å²) >= 11 is 3.58. The number of anilines is 1. The lowest BCUT2D eigenvalue weighted by molar-refractivity contribution is 0.0697. The first-order valence-electron chi connectivity index (χ1n) is 8.75. The minimum absolute atomic E-state index is 0.177. The number of pyridine rings is 1. The van der Waals surface area contributed by atoms with E-state index >= 15 is 0 Å². The number of aromatic nitrogens is 1. The molecule has 2 N–H and O–H groups in total. The van der Waals surface area contributed by atoms with Crippen molar-refractivity contribution in [2.45, 2.75) is 44.6 Å². The molecule has 1 aliphatic carbocycles. The van der Waals surface area contributed by atoms with Crippen LogP contribution in [-0.4, -0.2) is 22.1 Å². The molecule has 0 radical (unpaired) electrons. The molecule has 1 heterocycles. The van der Waals surface area contributed by atoms with E-state index < -0.39 is 5.97 Å². The molecule has 26 heavy (non-hydrogen) atoms. The van der Waals surface area contributed by atoms with Gasteiger partial charge in [0, 0.05) is 16.7 Å². The van der Waals surface area contributed by atoms with Gasteiger partial charge in [0.2, 0.25) is 5.69 Å². The van der Waals surface area contributed by atoms with Crippen LogP contribution in [0.4, 0.5) is 11.4 Å². The zero-order chi connectivity index (χ0) is 18.5. The highest BCUT2D eigenvalue weighted by molar-refractivity contribution is 9.10. The number of aromatic carboxylic acids is 1. The van der Waals surface area contributed by atoms with E-state index in [4.69, 9.17) is 11.7 Å². The number of carboxylic acid groups (broad SMARTS) is 1. The van der Waals surface area contributed by atoms with Crippen LogP contribution in [0.1, 0.15) is 48.9 Å². The summed E-state index contributed by atoms with van der Waals surface area (Å²) in [5, 5.41) is 12.7. The molecule has 0 aliphatic heterocycles. The van der Waals surface area contributed by atoms with E-state index in [0.717, 1.165) is 28.6 Å². The third-order valence-electron chi connectivity index (χ3n) is 4.70. The normalized spacial score (nSPS) is 15.1. The number of rotatable bonds is 4. The second-order valence-corrected chi connectivity index (χ2v) is 7.39. The summed E-state index contributed by atoms with van der Waals surface area (Å²) in [6.07, 6.45) is 8.70. The third-order valence-corrected chi connectivity index (χ3v) is 5.32. The van der Waals surface area contributed by atoms with Gasteiger partial charge in [0.05, 0.1) is 23.5 Å². The van der Waals surface area contributed by atoms with Crippen LogP contribution in [0.5, 0.6) is 0 Å². The van der Waals surface area contributed by atoms with Crippen molar-refractivity contribution in [3.05, 3.63) is 51.9 Å². The third kappa shape index (κ3) is 4.23. The molecule has 0 atom stereocenters. The molecule has 1 aromatic heterocycles. The lowest BCUT2D eigenvalue weighted by atomic mass is 10.1. The second-order valence-electron chi connectivity index (χ2n) is 6.53. The van der Waals surface area contributed by atoms with Crippen LogP contribution in [0.25, 0.3) is 16.1 Å². The lowest BCUT2D eigenvalue weighted by Crippen LogP contribution is -2.18. The van der Waals surface area contributed by atoms with Crippen LogP contribution < -0.4 is 5.32 Å². The quantitative estimate of drug-likeness (QED) is 0.483. The standard InChI is InChI=1S/C20H20BrN3O2/c1-22-18-12-14(17-11-13(20(25)26)8-9-23-17)10-16(21)19(18)24-15-6-4-2-3-5-7-15/h8-12,15,24H,2-7H2,(H,25,26). The summed E-state index contributed by atoms with van der Waals surface area (Å²) in [5.41, 5.74) is 2.76. The summed E-state index contributed by atoms with van der Waals surface area (Å²) < 4.78 is 0.799. The van der Waals surface area contributed by atoms with Crippen molar-refractivity contribution >= 4 is 33.3 Å². The molecular weight excluding hydrogens is 394 g/mol. The first-order chi connectivity index (χ1) is 12.6. The Bertz CT molecular complexity index is 853. The molecule has 0 saturated heterocycles. The summed E-state index contributed by atoms with van der Waals surface area (Å²) in [6, 6.07) is 7.02. The highest BCUT2D eigenvalue weighted by atomic mass is 79.9. The highest BCUT2D eigenvalue weighted by Gasteiger charge is 2.17. The maximum Gasteiger partial charge on any atom is 0.335 e. The molecule has 0 spiro atoms. The molecule has 6 heteroatoms. The molecule has 1 aromatic carbocycles. The van der Waals surface area contributed by atoms with Crippen LogP contribution in [0.15, 0.2) is 34.9 Å². The van der Waals surface area contributed by atoms with E-state index in [1.807, 2.05) is 6.07 Å². The summed E-state index contributed by atoms with van der Waals surface area (Å²) in [4.78, 5) is 19.1. The van der Waals surface area contributed by atoms with E-state index in [1.54, 1.807) is 6.07 Å². The lowest BCUT2D eigenvalue weighted by Gasteiger charge is -2.20. The van der Waals surface area contributed by atoms with Gasteiger partial charge < -0.3 is 10.4 Å². The molecule has 2 aromatic rings. The first-order valence-corrected chi connectivity index (χ1v) is 9.55. The zero-order valence-corrected chi connectivity index (χ0v) is 15.9. The fraction of sp³-hybridized carbons (Fsp3) is 0.350. The second kappa shape index (κ2) is 8.33. The average molecular weight is 414 g/mol. The minimum Gasteiger partial charge on any atom is -0.478 e. The SMILES string of the molecule is [C-]#[N+]c1cc(-c2cc(C(=O)O)ccn2)cc(Br)c1NC1CCCCCC1. The Hall–Kier alpha value is -2.39. The van der Waals surface area contributed by atoms with E-state index in [1.165, 1.54) is 44.0 Å². The molecule has 0 amide bonds. The Morgan fingerprint density at radius 1 is 1.23 bits per heavy atom. The van der Waals surface area contributed by atoms with E-state index in [-0.39, 0.29) is 5.56 Å². The van der Waals surface area contributed by atoms with Gasteiger partial charge in [0.1, 0.15) is 0 Å². The van der Waals surface area contributed by atoms with Gasteiger partial charge in [-0.1, -0.05) is 41.6 Å². The highest BCUT2D eigenvalue weighted by Crippen LogP contribution is 2.39. The van der Waals surface area contributed by atoms with Crippen molar-refractivity contribution in [1.82, 2.24) is 4.98 Å². The van der Waals surface area contributed by atoms with Crippen LogP contribution in [0.2, 0.25) is 0 Å². The average Bonchev–Trinajstić information content (AvgIpc) is 2.92. The minimum atomic E-state index is -0.996. The van der Waals surface area contributed by atoms with Crippen LogP contribution in [0, 0.1) is 6.57 Å². The van der Waals surface area contributed by atoms with Crippen LogP contribution in [-0.2, 0) is 0 Å². The number of nitrogens with zero attached hydrogens (tertiary/aromatic N) is 2. The number of carboxylic acids is 1. The predicted molar refractivity (Wildman–Crippen MR) is 106 cm³/mol. The van der Waals surface area contributed by atoms with Crippen molar-refractivity contribution in [3.8, 4) is 11.3 Å². The zero-order valence-electron chi connectivity index (χ0n) is 14.3. The molecule has 0 unspecified atom stereocenters. The molecule has 3 rings (SSSR count). The topological polar surface area (TPSA) is 66.6 Å². The van der Waals surface area contributed by atoms with Gasteiger partial charge in [-0.05, 0) is 42.7 Å². The number of benzene rings is 1. The maximum atomic E-state index is 11.2. The number of hydrogen-bond acceptors (Lipinski definition) is 3. The Morgan fingerprint density at radius 2 is 1.96 bits per heavy atom. The van der Waals surface area contributed by atoms with Gasteiger partial charge in [-0.2, -0.15) is 0 Å². The van der Waals surface area contributed by atoms with E-state index in [9.17, 15) is 4.79 Å². The van der Waals surface area contributed by atoms with Gasteiger partial charge >= 0.3 is 5.97 Å². The van der Waals surface area contributed by atoms with Gasteiger partial charge in [-0.3, -0.25) is 4.98 Å². The van der Waals surface area contributed by atoms with Gasteiger partial charge in [-0.25, -0.2) is 9.64 Å². The Labute approximate surface area is 161 Å². The Balaban J connectivity index is 1.93. The van der Waals surface area contributed by atoms with Crippen LogP contribution in [0.3, 0.4) is 0 Å². The van der Waals surface area contributed by atoms with Crippen molar-refractivity contribution in [2.75, 3.05) is 5.32 Å². The summed E-state index contributed by atoms with van der Waals surface area (Å²) in [5.74, 6) is -0.996. The molecular formula is C20H20BrN3O2. The molecule has 1 saturated carbocycles. The number of carbonyl (C=O) groups is 1. The van der Waals surface area contributed by atoms with Gasteiger partial charge in [0.25, 0.3) is 0 Å². The number of halogens is 1. The molecule has 0 bridgehead atoms. The fourth-order valence-corrected chi connectivity index (χ4v) is 3.88. The number of nitrogens with one attached hydrogen (secondary N) is 1. The van der Waals surface area contributed by atoms with E-state index in [0.29, 0.717) is 17.4 Å². The predicted octanol–water partition coefficient (Wildman–Crippen LogP) is 5.89. The molecule has 5 nitrogen and oxygen atoms in total. The van der Waals surface area contributed by atoms with Crippen molar-refractivity contribution in [3.63, 3.8) is 0 Å². The molecule has 1 aliphatic rings. The first kappa shape index (κ1) is 18.4. The van der Waals surface area contributed by atoms with Gasteiger partial charge in [0.15, 0.2) is 0 Å². The number of hydrogen-bond donors (Lipinski definition) is 2. The van der Waals surface area contributed by atoms with Gasteiger partial charge in [-0.15, -0.1) is 0 Å². The fourth-order valence-electron chi connectivity index (χ4n) is 3.32. The van der Waals surface area contributed by atoms with Crippen LogP contribution >= 0.6 is 15.9 Å². The maximum absolute atomic E-state index is 11.2. The summed E-state index contributed by atoms with van der Waals surface area (Å²) in [6.45, 7) is 7.56. The molecule has 134 valence electrons. The largest absolute Gasteiger partial charge is 0.478 e. The molecule has 1 fully saturated rings. The smallest absolute Gasteiger partial charge is 0.335 e.